The fourth-order valence-electron chi connectivity index (χ4n) is 2.99. The Bertz CT molecular complexity index is 619. The second-order valence-corrected chi connectivity index (χ2v) is 6.61. The number of nitrogens with one attached hydrogen (secondary N) is 1. The largest absolute Gasteiger partial charge is 0.393 e. The van der Waals surface area contributed by atoms with Crippen LogP contribution in [-0.2, 0) is 0 Å². The molecule has 1 aromatic carbocycles. The highest BCUT2D eigenvalue weighted by molar-refractivity contribution is 5.38. The second kappa shape index (κ2) is 7.75. The van der Waals surface area contributed by atoms with Crippen molar-refractivity contribution in [2.45, 2.75) is 53.2 Å². The van der Waals surface area contributed by atoms with Gasteiger partial charge in [-0.1, -0.05) is 32.0 Å². The first-order chi connectivity index (χ1) is 10.9. The van der Waals surface area contributed by atoms with Gasteiger partial charge in [0.2, 0.25) is 0 Å². The summed E-state index contributed by atoms with van der Waals surface area (Å²) in [4.78, 5) is 0. The van der Waals surface area contributed by atoms with Crippen LogP contribution in [0, 0.1) is 19.8 Å². The molecule has 126 valence electrons. The molecule has 1 aromatic heterocycles. The summed E-state index contributed by atoms with van der Waals surface area (Å²) in [7, 11) is 0. The van der Waals surface area contributed by atoms with E-state index < -0.39 is 0 Å². The van der Waals surface area contributed by atoms with Crippen LogP contribution in [0.4, 0.5) is 0 Å². The van der Waals surface area contributed by atoms with E-state index >= 15 is 0 Å². The minimum Gasteiger partial charge on any atom is -0.393 e. The van der Waals surface area contributed by atoms with Crippen molar-refractivity contribution in [3.8, 4) is 5.69 Å². The van der Waals surface area contributed by atoms with E-state index in [0.29, 0.717) is 5.92 Å². The molecule has 4 heteroatoms. The zero-order valence-electron chi connectivity index (χ0n) is 14.9. The van der Waals surface area contributed by atoms with E-state index in [1.807, 2.05) is 36.7 Å². The normalized spacial score (nSPS) is 14.2. The van der Waals surface area contributed by atoms with E-state index in [2.05, 4.69) is 38.2 Å². The molecule has 2 atom stereocenters. The molecule has 0 amide bonds. The number of nitrogens with zero attached hydrogens (tertiary/aromatic N) is 2. The van der Waals surface area contributed by atoms with Crippen LogP contribution >= 0.6 is 0 Å². The Labute approximate surface area is 139 Å². The summed E-state index contributed by atoms with van der Waals surface area (Å²) in [6.07, 6.45) is 0.524. The van der Waals surface area contributed by atoms with Crippen LogP contribution in [0.15, 0.2) is 30.3 Å². The summed E-state index contributed by atoms with van der Waals surface area (Å²) < 4.78 is 2.01. The summed E-state index contributed by atoms with van der Waals surface area (Å²) >= 11 is 0. The summed E-state index contributed by atoms with van der Waals surface area (Å²) in [6.45, 7) is 11.2. The van der Waals surface area contributed by atoms with Crippen molar-refractivity contribution < 1.29 is 5.11 Å². The highest BCUT2D eigenvalue weighted by atomic mass is 16.3. The molecule has 0 aliphatic heterocycles. The SMILES string of the molecule is Cc1nn(-c2ccccc2)c(C)c1C(C)NCCC(O)C(C)C. The van der Waals surface area contributed by atoms with E-state index in [9.17, 15) is 5.11 Å². The third-order valence-corrected chi connectivity index (χ3v) is 4.44. The van der Waals surface area contributed by atoms with Gasteiger partial charge in [0.1, 0.15) is 0 Å². The van der Waals surface area contributed by atoms with Crippen molar-refractivity contribution in [1.29, 1.82) is 0 Å². The Morgan fingerprint density at radius 2 is 1.78 bits per heavy atom. The molecule has 4 nitrogen and oxygen atoms in total. The fourth-order valence-corrected chi connectivity index (χ4v) is 2.99. The first-order valence-electron chi connectivity index (χ1n) is 8.44. The Kier molecular flexibility index (Phi) is 5.97. The molecule has 2 aromatic rings. The van der Waals surface area contributed by atoms with Gasteiger partial charge < -0.3 is 10.4 Å². The van der Waals surface area contributed by atoms with Gasteiger partial charge in [-0.05, 0) is 51.8 Å². The number of hydrogen-bond donors (Lipinski definition) is 2. The van der Waals surface area contributed by atoms with Crippen LogP contribution in [0.5, 0.6) is 0 Å². The lowest BCUT2D eigenvalue weighted by Crippen LogP contribution is -2.26. The number of aromatic nitrogens is 2. The lowest BCUT2D eigenvalue weighted by molar-refractivity contribution is 0.115. The molecule has 2 rings (SSSR count). The fraction of sp³-hybridized carbons (Fsp3) is 0.526. The lowest BCUT2D eigenvalue weighted by atomic mass is 10.0. The molecular formula is C19H29N3O. The van der Waals surface area contributed by atoms with Crippen LogP contribution in [0.25, 0.3) is 5.69 Å². The molecule has 0 aliphatic carbocycles. The van der Waals surface area contributed by atoms with Gasteiger partial charge in [-0.2, -0.15) is 5.10 Å². The number of para-hydroxylation sites is 1. The topological polar surface area (TPSA) is 50.1 Å². The molecule has 23 heavy (non-hydrogen) atoms. The van der Waals surface area contributed by atoms with Gasteiger partial charge in [0.25, 0.3) is 0 Å². The number of hydrogen-bond acceptors (Lipinski definition) is 3. The molecule has 0 radical (unpaired) electrons. The third kappa shape index (κ3) is 4.21. The maximum absolute atomic E-state index is 9.92. The average molecular weight is 315 g/mol. The zero-order valence-corrected chi connectivity index (χ0v) is 14.9. The molecule has 0 fully saturated rings. The van der Waals surface area contributed by atoms with Crippen LogP contribution in [0.2, 0.25) is 0 Å². The number of aryl methyl sites for hydroxylation is 1. The molecule has 0 bridgehead atoms. The van der Waals surface area contributed by atoms with Gasteiger partial charge in [-0.15, -0.1) is 0 Å². The van der Waals surface area contributed by atoms with E-state index in [0.717, 1.165) is 30.0 Å². The van der Waals surface area contributed by atoms with Gasteiger partial charge in [0.15, 0.2) is 0 Å². The van der Waals surface area contributed by atoms with Crippen molar-refractivity contribution >= 4 is 0 Å². The summed E-state index contributed by atoms with van der Waals surface area (Å²) in [6, 6.07) is 10.4. The minimum atomic E-state index is -0.246. The van der Waals surface area contributed by atoms with Crippen LogP contribution in [0.1, 0.15) is 50.2 Å². The third-order valence-electron chi connectivity index (χ3n) is 4.44. The van der Waals surface area contributed by atoms with Crippen molar-refractivity contribution in [2.75, 3.05) is 6.54 Å². The van der Waals surface area contributed by atoms with Crippen molar-refractivity contribution in [1.82, 2.24) is 15.1 Å². The van der Waals surface area contributed by atoms with Gasteiger partial charge in [0.05, 0.1) is 17.5 Å². The monoisotopic (exact) mass is 315 g/mol. The lowest BCUT2D eigenvalue weighted by Gasteiger charge is -2.18. The number of benzene rings is 1. The molecule has 0 spiro atoms. The molecule has 0 saturated heterocycles. The number of aliphatic hydroxyl groups is 1. The Morgan fingerprint density at radius 1 is 1.13 bits per heavy atom. The molecule has 0 aliphatic rings. The van der Waals surface area contributed by atoms with E-state index in [1.54, 1.807) is 0 Å². The maximum atomic E-state index is 9.92. The highest BCUT2D eigenvalue weighted by Crippen LogP contribution is 2.24. The zero-order chi connectivity index (χ0) is 17.0. The van der Waals surface area contributed by atoms with Gasteiger partial charge in [-0.25, -0.2) is 4.68 Å². The van der Waals surface area contributed by atoms with Crippen LogP contribution in [0.3, 0.4) is 0 Å². The number of rotatable bonds is 7. The standard InChI is InChI=1S/C19H29N3O/c1-13(2)18(23)11-12-20-14(3)19-15(4)21-22(16(19)5)17-9-7-6-8-10-17/h6-10,13-14,18,20,23H,11-12H2,1-5H3. The van der Waals surface area contributed by atoms with E-state index in [-0.39, 0.29) is 12.1 Å². The summed E-state index contributed by atoms with van der Waals surface area (Å²) in [5.41, 5.74) is 4.54. The Hall–Kier alpha value is -1.65. The maximum Gasteiger partial charge on any atom is 0.0648 e. The van der Waals surface area contributed by atoms with Gasteiger partial charge >= 0.3 is 0 Å². The molecule has 2 N–H and O–H groups in total. The van der Waals surface area contributed by atoms with E-state index in [4.69, 9.17) is 5.10 Å². The van der Waals surface area contributed by atoms with Crippen LogP contribution in [-0.4, -0.2) is 27.5 Å². The summed E-state index contributed by atoms with van der Waals surface area (Å²) in [5, 5.41) is 18.1. The Balaban J connectivity index is 2.09. The van der Waals surface area contributed by atoms with Crippen LogP contribution < -0.4 is 5.32 Å². The summed E-state index contributed by atoms with van der Waals surface area (Å²) in [5.74, 6) is 0.302. The van der Waals surface area contributed by atoms with Crippen molar-refractivity contribution in [2.24, 2.45) is 5.92 Å². The molecular weight excluding hydrogens is 286 g/mol. The van der Waals surface area contributed by atoms with E-state index in [1.165, 1.54) is 5.56 Å². The predicted octanol–water partition coefficient (Wildman–Crippen LogP) is 3.55. The molecule has 1 heterocycles. The first kappa shape index (κ1) is 17.7. The minimum absolute atomic E-state index is 0.215. The van der Waals surface area contributed by atoms with Gasteiger partial charge in [0, 0.05) is 17.3 Å². The molecule has 2 unspecified atom stereocenters. The first-order valence-corrected chi connectivity index (χ1v) is 8.44. The Morgan fingerprint density at radius 3 is 2.39 bits per heavy atom. The predicted molar refractivity (Wildman–Crippen MR) is 94.9 cm³/mol. The average Bonchev–Trinajstić information content (AvgIpc) is 2.82. The van der Waals surface area contributed by atoms with Crippen molar-refractivity contribution in [3.63, 3.8) is 0 Å². The smallest absolute Gasteiger partial charge is 0.0648 e. The molecule has 0 saturated carbocycles. The highest BCUT2D eigenvalue weighted by Gasteiger charge is 2.18. The van der Waals surface area contributed by atoms with Crippen molar-refractivity contribution in [3.05, 3.63) is 47.3 Å². The second-order valence-electron chi connectivity index (χ2n) is 6.61. The van der Waals surface area contributed by atoms with Gasteiger partial charge in [-0.3, -0.25) is 0 Å². The quantitative estimate of drug-likeness (QED) is 0.821. The number of aliphatic hydroxyl groups excluding tert-OH is 1.